The molecule has 0 spiro atoms. The van der Waals surface area contributed by atoms with Crippen molar-refractivity contribution in [1.29, 1.82) is 0 Å². The van der Waals surface area contributed by atoms with Gasteiger partial charge < -0.3 is 5.32 Å². The molecule has 3 fully saturated rings. The molecule has 2 N–H and O–H groups in total. The summed E-state index contributed by atoms with van der Waals surface area (Å²) in [6, 6.07) is 8.59. The van der Waals surface area contributed by atoms with Gasteiger partial charge in [0.05, 0.1) is 6.26 Å². The smallest absolute Gasteiger partial charge is 0.209 e. The van der Waals surface area contributed by atoms with Gasteiger partial charge in [0.2, 0.25) is 10.0 Å². The van der Waals surface area contributed by atoms with Crippen LogP contribution in [0.4, 0.5) is 4.39 Å². The zero-order valence-electron chi connectivity index (χ0n) is 15.2. The van der Waals surface area contributed by atoms with E-state index in [1.165, 1.54) is 6.26 Å². The van der Waals surface area contributed by atoms with E-state index in [0.29, 0.717) is 34.5 Å². The molecule has 2 unspecified atom stereocenters. The Labute approximate surface area is 175 Å². The number of hydrogen-bond donors (Lipinski definition) is 2. The van der Waals surface area contributed by atoms with Crippen LogP contribution in [0, 0.1) is 11.7 Å². The summed E-state index contributed by atoms with van der Waals surface area (Å²) in [7, 11) is -3.33. The van der Waals surface area contributed by atoms with E-state index < -0.39 is 10.0 Å². The van der Waals surface area contributed by atoms with Crippen molar-refractivity contribution in [2.75, 3.05) is 6.26 Å². The van der Waals surface area contributed by atoms with Crippen LogP contribution < -0.4 is 10.0 Å². The van der Waals surface area contributed by atoms with Gasteiger partial charge in [-0.2, -0.15) is 0 Å². The number of halogens is 3. The standard InChI is InChI=1S/C19H21ClFN3O2S.ClH/c1-27(25,26)24-18-13-8-15(9-13)23-16(18)10-11-5-6-22-19(17(11)21)12-3-2-4-14(20)7-12;/h2-7,13,15-16,18,23-24H,8-10H2,1H3;1H. The third kappa shape index (κ3) is 4.49. The number of pyridine rings is 1. The first-order valence-corrected chi connectivity index (χ1v) is 11.2. The second kappa shape index (κ2) is 8.24. The van der Waals surface area contributed by atoms with E-state index in [-0.39, 0.29) is 36.0 Å². The first kappa shape index (κ1) is 21.5. The van der Waals surface area contributed by atoms with Gasteiger partial charge in [-0.05, 0) is 48.9 Å². The molecule has 2 aliphatic heterocycles. The number of fused-ring (bicyclic) bond motifs is 2. The third-order valence-electron chi connectivity index (χ3n) is 5.42. The van der Waals surface area contributed by atoms with Crippen LogP contribution in [0.15, 0.2) is 36.5 Å². The van der Waals surface area contributed by atoms with Crippen molar-refractivity contribution < 1.29 is 12.8 Å². The minimum atomic E-state index is -3.33. The van der Waals surface area contributed by atoms with E-state index in [1.807, 2.05) is 0 Å². The minimum absolute atomic E-state index is 0. The van der Waals surface area contributed by atoms with Crippen LogP contribution in [0.25, 0.3) is 11.3 Å². The number of aromatic nitrogens is 1. The van der Waals surface area contributed by atoms with Crippen LogP contribution in [0.5, 0.6) is 0 Å². The molecule has 2 aromatic rings. The van der Waals surface area contributed by atoms with Gasteiger partial charge in [-0.1, -0.05) is 23.7 Å². The van der Waals surface area contributed by atoms with Crippen molar-refractivity contribution in [3.63, 3.8) is 0 Å². The Morgan fingerprint density at radius 3 is 2.75 bits per heavy atom. The lowest BCUT2D eigenvalue weighted by Gasteiger charge is -2.52. The second-order valence-corrected chi connectivity index (χ2v) is 9.68. The first-order chi connectivity index (χ1) is 12.8. The van der Waals surface area contributed by atoms with E-state index in [4.69, 9.17) is 11.6 Å². The fourth-order valence-corrected chi connectivity index (χ4v) is 5.19. The van der Waals surface area contributed by atoms with Crippen LogP contribution in [0.2, 0.25) is 5.02 Å². The largest absolute Gasteiger partial charge is 0.309 e. The quantitative estimate of drug-likeness (QED) is 0.741. The molecule has 1 aromatic heterocycles. The first-order valence-electron chi connectivity index (χ1n) is 8.93. The van der Waals surface area contributed by atoms with Gasteiger partial charge in [-0.3, -0.25) is 4.98 Å². The lowest BCUT2D eigenvalue weighted by molar-refractivity contribution is 0.0809. The highest BCUT2D eigenvalue weighted by Gasteiger charge is 2.46. The van der Waals surface area contributed by atoms with E-state index >= 15 is 4.39 Å². The van der Waals surface area contributed by atoms with Crippen LogP contribution in [0.3, 0.4) is 0 Å². The van der Waals surface area contributed by atoms with Crippen molar-refractivity contribution in [3.8, 4) is 11.3 Å². The van der Waals surface area contributed by atoms with E-state index in [1.54, 1.807) is 36.5 Å². The van der Waals surface area contributed by atoms with Crippen molar-refractivity contribution in [3.05, 3.63) is 52.9 Å². The SMILES string of the molecule is CS(=O)(=O)NC1C2CC(C2)NC1Cc1ccnc(-c2cccc(Cl)c2)c1F.Cl. The average Bonchev–Trinajstić information content (AvgIpc) is 2.55. The highest BCUT2D eigenvalue weighted by atomic mass is 35.5. The summed E-state index contributed by atoms with van der Waals surface area (Å²) in [6.07, 6.45) is 5.05. The number of piperidine rings is 2. The molecule has 1 saturated carbocycles. The molecular weight excluding hydrogens is 424 g/mol. The fourth-order valence-electron chi connectivity index (χ4n) is 4.15. The zero-order chi connectivity index (χ0) is 19.2. The number of rotatable bonds is 5. The van der Waals surface area contributed by atoms with Crippen LogP contribution in [-0.2, 0) is 16.4 Å². The topological polar surface area (TPSA) is 71.1 Å². The molecule has 5 nitrogen and oxygen atoms in total. The summed E-state index contributed by atoms with van der Waals surface area (Å²) >= 11 is 6.02. The predicted molar refractivity (Wildman–Crippen MR) is 111 cm³/mol. The average molecular weight is 446 g/mol. The Hall–Kier alpha value is -1.25. The van der Waals surface area contributed by atoms with Gasteiger partial charge in [-0.15, -0.1) is 12.4 Å². The molecule has 3 aliphatic rings. The maximum Gasteiger partial charge on any atom is 0.209 e. The van der Waals surface area contributed by atoms with Gasteiger partial charge in [0.25, 0.3) is 0 Å². The molecule has 0 amide bonds. The number of benzene rings is 1. The molecule has 1 aliphatic carbocycles. The summed E-state index contributed by atoms with van der Waals surface area (Å²) in [4.78, 5) is 4.18. The second-order valence-electron chi connectivity index (χ2n) is 7.46. The van der Waals surface area contributed by atoms with E-state index in [0.717, 1.165) is 12.8 Å². The van der Waals surface area contributed by atoms with Gasteiger partial charge >= 0.3 is 0 Å². The summed E-state index contributed by atoms with van der Waals surface area (Å²) in [5.74, 6) is -0.0906. The molecule has 28 heavy (non-hydrogen) atoms. The molecule has 2 atom stereocenters. The van der Waals surface area contributed by atoms with E-state index in [9.17, 15) is 8.42 Å². The highest BCUT2D eigenvalue weighted by Crippen LogP contribution is 2.38. The van der Waals surface area contributed by atoms with E-state index in [2.05, 4.69) is 15.0 Å². The lowest BCUT2D eigenvalue weighted by Crippen LogP contribution is -2.67. The maximum atomic E-state index is 15.1. The van der Waals surface area contributed by atoms with Gasteiger partial charge in [0.15, 0.2) is 5.82 Å². The van der Waals surface area contributed by atoms with Crippen molar-refractivity contribution in [1.82, 2.24) is 15.0 Å². The lowest BCUT2D eigenvalue weighted by atomic mass is 9.68. The highest BCUT2D eigenvalue weighted by molar-refractivity contribution is 7.88. The molecule has 2 saturated heterocycles. The number of sulfonamides is 1. The van der Waals surface area contributed by atoms with Gasteiger partial charge in [0, 0.05) is 34.9 Å². The zero-order valence-corrected chi connectivity index (χ0v) is 17.6. The summed E-state index contributed by atoms with van der Waals surface area (Å²) in [6.45, 7) is 0. The molecule has 152 valence electrons. The minimum Gasteiger partial charge on any atom is -0.309 e. The summed E-state index contributed by atoms with van der Waals surface area (Å²) in [5, 5.41) is 3.98. The van der Waals surface area contributed by atoms with Gasteiger partial charge in [-0.25, -0.2) is 17.5 Å². The molecule has 2 bridgehead atoms. The van der Waals surface area contributed by atoms with Crippen LogP contribution in [0.1, 0.15) is 18.4 Å². The Morgan fingerprint density at radius 1 is 1.32 bits per heavy atom. The Morgan fingerprint density at radius 2 is 2.07 bits per heavy atom. The van der Waals surface area contributed by atoms with Crippen LogP contribution in [-0.4, -0.2) is 37.8 Å². The Bertz CT molecular complexity index is 967. The number of hydrogen-bond acceptors (Lipinski definition) is 4. The molecule has 3 heterocycles. The number of nitrogens with one attached hydrogen (secondary N) is 2. The normalized spacial score (nSPS) is 26.2. The van der Waals surface area contributed by atoms with Gasteiger partial charge in [0.1, 0.15) is 5.69 Å². The third-order valence-corrected chi connectivity index (χ3v) is 6.36. The van der Waals surface area contributed by atoms with Crippen molar-refractivity contribution >= 4 is 34.0 Å². The van der Waals surface area contributed by atoms with Crippen molar-refractivity contribution in [2.45, 2.75) is 37.4 Å². The Kier molecular flexibility index (Phi) is 6.32. The molecular formula is C19H22Cl2FN3O2S. The number of nitrogens with zero attached hydrogens (tertiary/aromatic N) is 1. The van der Waals surface area contributed by atoms with Crippen LogP contribution >= 0.6 is 24.0 Å². The molecule has 0 radical (unpaired) electrons. The maximum absolute atomic E-state index is 15.1. The monoisotopic (exact) mass is 445 g/mol. The molecule has 1 aromatic carbocycles. The molecule has 9 heteroatoms. The van der Waals surface area contributed by atoms with Crippen molar-refractivity contribution in [2.24, 2.45) is 5.92 Å². The molecule has 5 rings (SSSR count). The summed E-state index contributed by atoms with van der Waals surface area (Å²) in [5.41, 5.74) is 1.38. The summed E-state index contributed by atoms with van der Waals surface area (Å²) < 4.78 is 41.4. The fraction of sp³-hybridized carbons (Fsp3) is 0.421. The Balaban J connectivity index is 0.00000225. The predicted octanol–water partition coefficient (Wildman–Crippen LogP) is 3.17.